The third kappa shape index (κ3) is 3.86. The molecule has 0 aliphatic rings. The average Bonchev–Trinajstić information content (AvgIpc) is 2.99. The van der Waals surface area contributed by atoms with Crippen molar-refractivity contribution in [1.29, 1.82) is 0 Å². The van der Waals surface area contributed by atoms with Gasteiger partial charge in [0.15, 0.2) is 0 Å². The van der Waals surface area contributed by atoms with Gasteiger partial charge in [0, 0.05) is 0 Å². The number of nitrogens with two attached hydrogens (primary N) is 1. The summed E-state index contributed by atoms with van der Waals surface area (Å²) < 4.78 is 25.2. The first-order chi connectivity index (χ1) is 11.8. The van der Waals surface area contributed by atoms with Gasteiger partial charge in [-0.2, -0.15) is 0 Å². The van der Waals surface area contributed by atoms with Crippen molar-refractivity contribution in [3.63, 3.8) is 0 Å². The molecule has 0 spiro atoms. The van der Waals surface area contributed by atoms with Crippen LogP contribution in [0.3, 0.4) is 0 Å². The Balaban J connectivity index is 1.84. The highest BCUT2D eigenvalue weighted by Crippen LogP contribution is 2.19. The monoisotopic (exact) mass is 359 g/mol. The minimum atomic E-state index is -3.65. The molecule has 0 aliphatic heterocycles. The van der Waals surface area contributed by atoms with E-state index in [-0.39, 0.29) is 17.3 Å². The molecule has 130 valence electrons. The normalized spacial score (nSPS) is 13.0. The molecule has 0 saturated heterocycles. The van der Waals surface area contributed by atoms with Crippen molar-refractivity contribution in [2.75, 3.05) is 0 Å². The number of aromatic nitrogens is 2. The Morgan fingerprint density at radius 3 is 2.60 bits per heavy atom. The number of sulfone groups is 1. The first kappa shape index (κ1) is 17.1. The minimum Gasteiger partial charge on any atom is -0.480 e. The second kappa shape index (κ2) is 6.66. The highest BCUT2D eigenvalue weighted by atomic mass is 32.2. The predicted molar refractivity (Wildman–Crippen MR) is 92.7 cm³/mol. The molecule has 0 amide bonds. The number of carbonyl (C=O) groups is 1. The summed E-state index contributed by atoms with van der Waals surface area (Å²) in [5.74, 6) is -1.33. The van der Waals surface area contributed by atoms with Gasteiger partial charge in [-0.05, 0) is 29.7 Å². The van der Waals surface area contributed by atoms with Crippen LogP contribution in [0.15, 0.2) is 53.7 Å². The Kier molecular flexibility index (Phi) is 4.56. The maximum atomic E-state index is 12.6. The fourth-order valence-electron chi connectivity index (χ4n) is 2.55. The fraction of sp³-hybridized carbons (Fsp3) is 0.176. The number of carboxylic acids is 1. The number of fused-ring (bicyclic) bond motifs is 1. The van der Waals surface area contributed by atoms with Crippen LogP contribution in [-0.4, -0.2) is 35.5 Å². The third-order valence-electron chi connectivity index (χ3n) is 3.78. The molecule has 1 atom stereocenters. The highest BCUT2D eigenvalue weighted by Gasteiger charge is 2.20. The smallest absolute Gasteiger partial charge is 0.320 e. The molecule has 2 aromatic carbocycles. The van der Waals surface area contributed by atoms with Crippen molar-refractivity contribution in [2.24, 2.45) is 5.73 Å². The number of hydrogen-bond acceptors (Lipinski definition) is 5. The first-order valence-electron chi connectivity index (χ1n) is 7.59. The zero-order valence-electron chi connectivity index (χ0n) is 13.2. The number of imidazole rings is 1. The lowest BCUT2D eigenvalue weighted by molar-refractivity contribution is -0.138. The molecule has 0 aliphatic carbocycles. The van der Waals surface area contributed by atoms with E-state index >= 15 is 0 Å². The SMILES string of the molecule is NC(Cc1cccc(CS(=O)(=O)c2nc3ccccc3[nH]2)c1)C(=O)O. The van der Waals surface area contributed by atoms with E-state index in [2.05, 4.69) is 9.97 Å². The van der Waals surface area contributed by atoms with Gasteiger partial charge in [0.2, 0.25) is 15.0 Å². The summed E-state index contributed by atoms with van der Waals surface area (Å²) >= 11 is 0. The maximum absolute atomic E-state index is 12.6. The maximum Gasteiger partial charge on any atom is 0.320 e. The number of aromatic amines is 1. The molecule has 1 unspecified atom stereocenters. The van der Waals surface area contributed by atoms with E-state index < -0.39 is 21.8 Å². The number of rotatable bonds is 6. The number of nitrogens with one attached hydrogen (secondary N) is 1. The summed E-state index contributed by atoms with van der Waals surface area (Å²) in [6.45, 7) is 0. The molecule has 25 heavy (non-hydrogen) atoms. The van der Waals surface area contributed by atoms with Crippen LogP contribution in [0.25, 0.3) is 11.0 Å². The van der Waals surface area contributed by atoms with Crippen molar-refractivity contribution < 1.29 is 18.3 Å². The first-order valence-corrected chi connectivity index (χ1v) is 9.24. The second-order valence-corrected chi connectivity index (χ2v) is 7.69. The molecule has 1 aromatic heterocycles. The van der Waals surface area contributed by atoms with Gasteiger partial charge in [-0.3, -0.25) is 4.79 Å². The van der Waals surface area contributed by atoms with Gasteiger partial charge >= 0.3 is 5.97 Å². The van der Waals surface area contributed by atoms with Crippen LogP contribution in [0.1, 0.15) is 11.1 Å². The molecule has 8 heteroatoms. The minimum absolute atomic E-state index is 0.0821. The van der Waals surface area contributed by atoms with Gasteiger partial charge in [-0.25, -0.2) is 13.4 Å². The van der Waals surface area contributed by atoms with Crippen molar-refractivity contribution >= 4 is 26.8 Å². The molecule has 4 N–H and O–H groups in total. The molecule has 3 rings (SSSR count). The lowest BCUT2D eigenvalue weighted by Gasteiger charge is -2.08. The summed E-state index contributed by atoms with van der Waals surface area (Å²) in [4.78, 5) is 17.8. The summed E-state index contributed by atoms with van der Waals surface area (Å²) in [7, 11) is -3.65. The van der Waals surface area contributed by atoms with E-state index in [1.54, 1.807) is 48.5 Å². The number of carboxylic acid groups (broad SMARTS) is 1. The predicted octanol–water partition coefficient (Wildman–Crippen LogP) is 1.49. The molecular formula is C17H17N3O4S. The van der Waals surface area contributed by atoms with Gasteiger partial charge in [0.1, 0.15) is 6.04 Å². The van der Waals surface area contributed by atoms with E-state index in [0.29, 0.717) is 22.2 Å². The van der Waals surface area contributed by atoms with Crippen molar-refractivity contribution in [2.45, 2.75) is 23.4 Å². The Morgan fingerprint density at radius 2 is 1.88 bits per heavy atom. The molecule has 0 radical (unpaired) electrons. The standard InChI is InChI=1S/C17H17N3O4S/c18-13(16(21)22)9-11-4-3-5-12(8-11)10-25(23,24)17-19-14-6-1-2-7-15(14)20-17/h1-8,13H,9-10,18H2,(H,19,20)(H,21,22). The summed E-state index contributed by atoms with van der Waals surface area (Å²) in [6, 6.07) is 12.8. The van der Waals surface area contributed by atoms with Gasteiger partial charge in [-0.1, -0.05) is 36.4 Å². The summed E-state index contributed by atoms with van der Waals surface area (Å²) in [5, 5.41) is 8.80. The number of benzene rings is 2. The average molecular weight is 359 g/mol. The summed E-state index contributed by atoms with van der Waals surface area (Å²) in [6.07, 6.45) is 0.133. The number of H-pyrrole nitrogens is 1. The molecule has 3 aromatic rings. The molecule has 0 bridgehead atoms. The van der Waals surface area contributed by atoms with E-state index in [4.69, 9.17) is 10.8 Å². The number of aliphatic carboxylic acids is 1. The number of nitrogens with zero attached hydrogens (tertiary/aromatic N) is 1. The van der Waals surface area contributed by atoms with Gasteiger partial charge in [0.25, 0.3) is 0 Å². The van der Waals surface area contributed by atoms with Crippen molar-refractivity contribution in [3.05, 3.63) is 59.7 Å². The van der Waals surface area contributed by atoms with E-state index in [1.807, 2.05) is 0 Å². The van der Waals surface area contributed by atoms with E-state index in [9.17, 15) is 13.2 Å². The van der Waals surface area contributed by atoms with E-state index in [0.717, 1.165) is 0 Å². The van der Waals surface area contributed by atoms with Crippen LogP contribution >= 0.6 is 0 Å². The Labute approximate surface area is 144 Å². The van der Waals surface area contributed by atoms with Crippen LogP contribution in [-0.2, 0) is 26.8 Å². The fourth-order valence-corrected chi connectivity index (χ4v) is 3.81. The van der Waals surface area contributed by atoms with Gasteiger partial charge in [-0.15, -0.1) is 0 Å². The van der Waals surface area contributed by atoms with Crippen LogP contribution in [0.4, 0.5) is 0 Å². The lowest BCUT2D eigenvalue weighted by Crippen LogP contribution is -2.32. The van der Waals surface area contributed by atoms with Crippen LogP contribution in [0, 0.1) is 0 Å². The number of para-hydroxylation sites is 2. The highest BCUT2D eigenvalue weighted by molar-refractivity contribution is 7.90. The molecular weight excluding hydrogens is 342 g/mol. The van der Waals surface area contributed by atoms with Gasteiger partial charge < -0.3 is 15.8 Å². The molecule has 0 saturated carbocycles. The molecule has 7 nitrogen and oxygen atoms in total. The lowest BCUT2D eigenvalue weighted by atomic mass is 10.0. The summed E-state index contributed by atoms with van der Waals surface area (Å²) in [5.41, 5.74) is 7.99. The van der Waals surface area contributed by atoms with Crippen LogP contribution < -0.4 is 5.73 Å². The van der Waals surface area contributed by atoms with Crippen molar-refractivity contribution in [3.8, 4) is 0 Å². The second-order valence-electron chi connectivity index (χ2n) is 5.79. The topological polar surface area (TPSA) is 126 Å². The van der Waals surface area contributed by atoms with Crippen molar-refractivity contribution in [1.82, 2.24) is 9.97 Å². The Hall–Kier alpha value is -2.71. The Morgan fingerprint density at radius 1 is 1.16 bits per heavy atom. The largest absolute Gasteiger partial charge is 0.480 e. The quantitative estimate of drug-likeness (QED) is 0.612. The van der Waals surface area contributed by atoms with Gasteiger partial charge in [0.05, 0.1) is 16.8 Å². The zero-order chi connectivity index (χ0) is 18.0. The van der Waals surface area contributed by atoms with Crippen LogP contribution in [0.5, 0.6) is 0 Å². The van der Waals surface area contributed by atoms with E-state index in [1.165, 1.54) is 0 Å². The molecule has 1 heterocycles. The number of hydrogen-bond donors (Lipinski definition) is 3. The van der Waals surface area contributed by atoms with Crippen LogP contribution in [0.2, 0.25) is 0 Å². The molecule has 0 fully saturated rings. The third-order valence-corrected chi connectivity index (χ3v) is 5.28. The zero-order valence-corrected chi connectivity index (χ0v) is 14.0. The Bertz CT molecular complexity index is 994.